The zero-order valence-corrected chi connectivity index (χ0v) is 14.0. The second-order valence-corrected chi connectivity index (χ2v) is 6.44. The van der Waals surface area contributed by atoms with Gasteiger partial charge in [-0.05, 0) is 49.6 Å². The molecule has 3 N–H and O–H groups in total. The van der Waals surface area contributed by atoms with Crippen molar-refractivity contribution in [2.75, 3.05) is 5.32 Å². The minimum Gasteiger partial charge on any atom is -0.351 e. The zero-order chi connectivity index (χ0) is 17.6. The van der Waals surface area contributed by atoms with Crippen LogP contribution in [0.4, 0.5) is 10.5 Å². The van der Waals surface area contributed by atoms with Crippen LogP contribution >= 0.6 is 0 Å². The molecule has 0 radical (unpaired) electrons. The van der Waals surface area contributed by atoms with Crippen molar-refractivity contribution >= 4 is 28.4 Å². The number of ketones is 1. The summed E-state index contributed by atoms with van der Waals surface area (Å²) >= 11 is 0. The van der Waals surface area contributed by atoms with Gasteiger partial charge in [0.2, 0.25) is 0 Å². The number of nitrogens with two attached hydrogens (primary N) is 1. The number of amides is 2. The third kappa shape index (κ3) is 2.48. The number of aryl methyl sites for hydroxylation is 1. The van der Waals surface area contributed by atoms with Crippen LogP contribution in [0.5, 0.6) is 0 Å². The molecule has 0 unspecified atom stereocenters. The molecule has 126 valence electrons. The first-order chi connectivity index (χ1) is 12.1. The first kappa shape index (κ1) is 15.4. The molecule has 0 spiro atoms. The number of fused-ring (bicyclic) bond motifs is 3. The summed E-state index contributed by atoms with van der Waals surface area (Å²) < 4.78 is 2.19. The fraction of sp³-hybridized carbons (Fsp3) is 0.200. The highest BCUT2D eigenvalue weighted by Gasteiger charge is 2.26. The smallest absolute Gasteiger partial charge is 0.316 e. The first-order valence-corrected chi connectivity index (χ1v) is 8.39. The number of hydrogen-bond donors (Lipinski definition) is 2. The summed E-state index contributed by atoms with van der Waals surface area (Å²) in [5.74, 6) is 0.223. The highest BCUT2D eigenvalue weighted by Crippen LogP contribution is 2.35. The Bertz CT molecular complexity index is 1020. The van der Waals surface area contributed by atoms with Gasteiger partial charge < -0.3 is 15.6 Å². The molecule has 0 atom stereocenters. The summed E-state index contributed by atoms with van der Waals surface area (Å²) in [5.41, 5.74) is 10.9. The van der Waals surface area contributed by atoms with E-state index < -0.39 is 6.03 Å². The van der Waals surface area contributed by atoms with E-state index >= 15 is 0 Å². The van der Waals surface area contributed by atoms with Crippen molar-refractivity contribution in [3.05, 3.63) is 59.3 Å². The fourth-order valence-electron chi connectivity index (χ4n) is 3.78. The molecule has 25 heavy (non-hydrogen) atoms. The van der Waals surface area contributed by atoms with E-state index in [9.17, 15) is 9.59 Å². The number of anilines is 1. The molecule has 2 aromatic carbocycles. The van der Waals surface area contributed by atoms with Crippen LogP contribution in [0.2, 0.25) is 0 Å². The van der Waals surface area contributed by atoms with E-state index in [1.165, 1.54) is 0 Å². The molecule has 4 rings (SSSR count). The fourth-order valence-corrected chi connectivity index (χ4v) is 3.78. The number of aromatic nitrogens is 1. The first-order valence-electron chi connectivity index (χ1n) is 8.39. The number of urea groups is 1. The Balaban J connectivity index is 1.96. The molecule has 0 saturated carbocycles. The van der Waals surface area contributed by atoms with Crippen LogP contribution in [-0.4, -0.2) is 16.4 Å². The predicted octanol–water partition coefficient (Wildman–Crippen LogP) is 3.95. The number of carbonyl (C=O) groups excluding carboxylic acids is 2. The second kappa shape index (κ2) is 5.77. The van der Waals surface area contributed by atoms with Gasteiger partial charge in [0.25, 0.3) is 0 Å². The standard InChI is InChI=1S/C20H19N3O2/c1-12-11-13(22-20(21)25)9-10-15(12)23-16-6-3-2-5-14(16)19-17(23)7-4-8-18(19)24/h2-3,5-6,9-11H,4,7-8H2,1H3,(H3,21,22,25). The van der Waals surface area contributed by atoms with Crippen molar-refractivity contribution in [2.45, 2.75) is 26.2 Å². The average Bonchev–Trinajstić information content (AvgIpc) is 2.90. The number of Topliss-reactive ketones (excluding diaryl/α,β-unsaturated/α-hetero) is 1. The molecule has 1 aliphatic carbocycles. The van der Waals surface area contributed by atoms with Crippen molar-refractivity contribution in [2.24, 2.45) is 5.73 Å². The lowest BCUT2D eigenvalue weighted by Gasteiger charge is -2.17. The molecular weight excluding hydrogens is 314 g/mol. The van der Waals surface area contributed by atoms with E-state index in [0.29, 0.717) is 12.1 Å². The van der Waals surface area contributed by atoms with E-state index in [0.717, 1.165) is 46.3 Å². The third-order valence-electron chi connectivity index (χ3n) is 4.77. The molecule has 5 nitrogen and oxygen atoms in total. The van der Waals surface area contributed by atoms with Gasteiger partial charge in [-0.15, -0.1) is 0 Å². The topological polar surface area (TPSA) is 77.1 Å². The van der Waals surface area contributed by atoms with Crippen molar-refractivity contribution in [1.82, 2.24) is 4.57 Å². The van der Waals surface area contributed by atoms with Gasteiger partial charge in [-0.3, -0.25) is 4.79 Å². The predicted molar refractivity (Wildman–Crippen MR) is 98.5 cm³/mol. The number of carbonyl (C=O) groups is 2. The van der Waals surface area contributed by atoms with Crippen LogP contribution in [0.25, 0.3) is 16.6 Å². The van der Waals surface area contributed by atoms with Gasteiger partial charge in [-0.1, -0.05) is 18.2 Å². The molecule has 3 aromatic rings. The molecule has 2 amide bonds. The van der Waals surface area contributed by atoms with Crippen molar-refractivity contribution in [1.29, 1.82) is 0 Å². The summed E-state index contributed by atoms with van der Waals surface area (Å²) in [7, 11) is 0. The lowest BCUT2D eigenvalue weighted by molar-refractivity contribution is 0.0973. The summed E-state index contributed by atoms with van der Waals surface area (Å²) in [5, 5.41) is 3.61. The highest BCUT2D eigenvalue weighted by atomic mass is 16.2. The van der Waals surface area contributed by atoms with Gasteiger partial charge in [0, 0.05) is 34.4 Å². The number of primary amides is 1. The summed E-state index contributed by atoms with van der Waals surface area (Å²) in [6.07, 6.45) is 2.38. The maximum Gasteiger partial charge on any atom is 0.316 e. The molecule has 1 aliphatic rings. The number of nitrogens with one attached hydrogen (secondary N) is 1. The Hall–Kier alpha value is -3.08. The quantitative estimate of drug-likeness (QED) is 0.745. The minimum atomic E-state index is -0.582. The normalized spacial score (nSPS) is 13.7. The Labute approximate surface area is 145 Å². The van der Waals surface area contributed by atoms with E-state index in [-0.39, 0.29) is 5.78 Å². The van der Waals surface area contributed by atoms with Crippen LogP contribution in [0.3, 0.4) is 0 Å². The third-order valence-corrected chi connectivity index (χ3v) is 4.77. The lowest BCUT2D eigenvalue weighted by Crippen LogP contribution is -2.19. The molecule has 1 aromatic heterocycles. The molecule has 0 fully saturated rings. The summed E-state index contributed by atoms with van der Waals surface area (Å²) in [6, 6.07) is 13.1. The second-order valence-electron chi connectivity index (χ2n) is 6.44. The zero-order valence-electron chi connectivity index (χ0n) is 14.0. The summed E-state index contributed by atoms with van der Waals surface area (Å²) in [6.45, 7) is 1.99. The lowest BCUT2D eigenvalue weighted by atomic mass is 9.94. The van der Waals surface area contributed by atoms with Crippen LogP contribution in [0.1, 0.15) is 34.5 Å². The largest absolute Gasteiger partial charge is 0.351 e. The van der Waals surface area contributed by atoms with Crippen LogP contribution in [0, 0.1) is 6.92 Å². The van der Waals surface area contributed by atoms with Crippen LogP contribution < -0.4 is 11.1 Å². The molecule has 0 bridgehead atoms. The van der Waals surface area contributed by atoms with Gasteiger partial charge in [0.05, 0.1) is 5.52 Å². The van der Waals surface area contributed by atoms with E-state index in [2.05, 4.69) is 16.0 Å². The Morgan fingerprint density at radius 2 is 1.96 bits per heavy atom. The molecule has 5 heteroatoms. The maximum atomic E-state index is 12.5. The van der Waals surface area contributed by atoms with Crippen LogP contribution in [0.15, 0.2) is 42.5 Å². The highest BCUT2D eigenvalue weighted by molar-refractivity contribution is 6.10. The van der Waals surface area contributed by atoms with Gasteiger partial charge in [0.15, 0.2) is 5.78 Å². The monoisotopic (exact) mass is 333 g/mol. The average molecular weight is 333 g/mol. The Morgan fingerprint density at radius 1 is 1.16 bits per heavy atom. The van der Waals surface area contributed by atoms with Crippen molar-refractivity contribution in [3.8, 4) is 5.69 Å². The SMILES string of the molecule is Cc1cc(NC(N)=O)ccc1-n1c2c(c3ccccc31)C(=O)CCC2. The van der Waals surface area contributed by atoms with Crippen molar-refractivity contribution < 1.29 is 9.59 Å². The molecule has 0 saturated heterocycles. The molecule has 1 heterocycles. The number of hydrogen-bond acceptors (Lipinski definition) is 2. The minimum absolute atomic E-state index is 0.223. The Morgan fingerprint density at radius 3 is 2.72 bits per heavy atom. The van der Waals surface area contributed by atoms with E-state index in [1.807, 2.05) is 43.3 Å². The number of nitrogens with zero attached hydrogens (tertiary/aromatic N) is 1. The van der Waals surface area contributed by atoms with E-state index in [1.54, 1.807) is 0 Å². The summed E-state index contributed by atoms with van der Waals surface area (Å²) in [4.78, 5) is 23.6. The van der Waals surface area contributed by atoms with Gasteiger partial charge >= 0.3 is 6.03 Å². The molecular formula is C20H19N3O2. The number of para-hydroxylation sites is 1. The van der Waals surface area contributed by atoms with Gasteiger partial charge in [-0.2, -0.15) is 0 Å². The van der Waals surface area contributed by atoms with Crippen molar-refractivity contribution in [3.63, 3.8) is 0 Å². The molecule has 0 aliphatic heterocycles. The van der Waals surface area contributed by atoms with Crippen LogP contribution in [-0.2, 0) is 6.42 Å². The van der Waals surface area contributed by atoms with Gasteiger partial charge in [-0.25, -0.2) is 4.79 Å². The Kier molecular flexibility index (Phi) is 3.57. The number of benzene rings is 2. The van der Waals surface area contributed by atoms with Gasteiger partial charge in [0.1, 0.15) is 0 Å². The van der Waals surface area contributed by atoms with E-state index in [4.69, 9.17) is 5.73 Å². The maximum absolute atomic E-state index is 12.5. The number of rotatable bonds is 2.